The molecule has 1 rings (SSSR count). The Morgan fingerprint density at radius 3 is 2.78 bits per heavy atom. The van der Waals surface area contributed by atoms with Crippen molar-refractivity contribution in [3.8, 4) is 0 Å². The minimum atomic E-state index is 0.240. The molecule has 0 aliphatic carbocycles. The van der Waals surface area contributed by atoms with E-state index in [0.29, 0.717) is 12.3 Å². The van der Waals surface area contributed by atoms with Crippen molar-refractivity contribution in [1.29, 1.82) is 0 Å². The molecule has 0 radical (unpaired) electrons. The van der Waals surface area contributed by atoms with Crippen LogP contribution in [-0.4, -0.2) is 25.5 Å². The Morgan fingerprint density at radius 1 is 1.28 bits per heavy atom. The number of piperidine rings is 1. The normalized spacial score (nSPS) is 23.9. The van der Waals surface area contributed by atoms with Crippen LogP contribution in [-0.2, 0) is 4.79 Å². The smallest absolute Gasteiger partial charge is 0.220 e. The lowest BCUT2D eigenvalue weighted by molar-refractivity contribution is -0.121. The Morgan fingerprint density at radius 2 is 2.06 bits per heavy atom. The van der Waals surface area contributed by atoms with Crippen LogP contribution in [0, 0.1) is 11.8 Å². The van der Waals surface area contributed by atoms with Crippen molar-refractivity contribution in [3.05, 3.63) is 0 Å². The number of carbonyl (C=O) groups excluding carboxylic acids is 1. The lowest BCUT2D eigenvalue weighted by atomic mass is 9.88. The predicted molar refractivity (Wildman–Crippen MR) is 76.5 cm³/mol. The molecular formula is C15H30N2O. The lowest BCUT2D eigenvalue weighted by Gasteiger charge is -2.29. The quantitative estimate of drug-likeness (QED) is 0.654. The van der Waals surface area contributed by atoms with Crippen molar-refractivity contribution in [3.63, 3.8) is 0 Å². The predicted octanol–water partition coefficient (Wildman–Crippen LogP) is 2.71. The van der Waals surface area contributed by atoms with Gasteiger partial charge in [-0.1, -0.05) is 39.5 Å². The van der Waals surface area contributed by atoms with Gasteiger partial charge in [-0.05, 0) is 37.8 Å². The monoisotopic (exact) mass is 254 g/mol. The van der Waals surface area contributed by atoms with Crippen LogP contribution in [0.2, 0.25) is 0 Å². The maximum atomic E-state index is 11.7. The molecule has 0 aromatic heterocycles. The molecule has 0 aromatic rings. The van der Waals surface area contributed by atoms with E-state index in [4.69, 9.17) is 0 Å². The summed E-state index contributed by atoms with van der Waals surface area (Å²) in [6, 6.07) is 0. The highest BCUT2D eigenvalue weighted by Crippen LogP contribution is 2.17. The van der Waals surface area contributed by atoms with Crippen molar-refractivity contribution in [2.45, 2.75) is 58.8 Å². The van der Waals surface area contributed by atoms with Crippen LogP contribution in [0.1, 0.15) is 58.8 Å². The molecule has 0 aromatic carbocycles. The highest BCUT2D eigenvalue weighted by Gasteiger charge is 2.21. The van der Waals surface area contributed by atoms with E-state index in [9.17, 15) is 4.79 Å². The number of nitrogens with one attached hydrogen (secondary N) is 2. The largest absolute Gasteiger partial charge is 0.356 e. The Labute approximate surface area is 112 Å². The number of rotatable bonds is 8. The third-order valence-corrected chi connectivity index (χ3v) is 4.06. The molecular weight excluding hydrogens is 224 g/mol. The van der Waals surface area contributed by atoms with Gasteiger partial charge in [0.15, 0.2) is 0 Å². The van der Waals surface area contributed by atoms with E-state index < -0.39 is 0 Å². The van der Waals surface area contributed by atoms with Gasteiger partial charge in [-0.2, -0.15) is 0 Å². The molecule has 0 bridgehead atoms. The van der Waals surface area contributed by atoms with Gasteiger partial charge in [0.1, 0.15) is 0 Å². The summed E-state index contributed by atoms with van der Waals surface area (Å²) < 4.78 is 0. The van der Waals surface area contributed by atoms with E-state index in [1.165, 1.54) is 32.1 Å². The van der Waals surface area contributed by atoms with Crippen LogP contribution in [0.3, 0.4) is 0 Å². The Kier molecular flexibility index (Phi) is 8.06. The standard InChI is InChI=1S/C15H30N2O/c1-3-4-5-6-7-8-15(18)17-12-14-11-16-10-9-13(14)2/h13-14,16H,3-12H2,1-2H3,(H,17,18). The van der Waals surface area contributed by atoms with E-state index in [0.717, 1.165) is 32.0 Å². The Bertz CT molecular complexity index is 231. The first-order valence-corrected chi connectivity index (χ1v) is 7.71. The van der Waals surface area contributed by atoms with E-state index in [1.807, 2.05) is 0 Å². The van der Waals surface area contributed by atoms with Crippen molar-refractivity contribution in [1.82, 2.24) is 10.6 Å². The molecule has 2 atom stereocenters. The first-order valence-electron chi connectivity index (χ1n) is 7.71. The first kappa shape index (κ1) is 15.5. The van der Waals surface area contributed by atoms with Gasteiger partial charge >= 0.3 is 0 Å². The fourth-order valence-corrected chi connectivity index (χ4v) is 2.55. The minimum Gasteiger partial charge on any atom is -0.356 e. The molecule has 0 saturated carbocycles. The van der Waals surface area contributed by atoms with Crippen LogP contribution in [0.15, 0.2) is 0 Å². The highest BCUT2D eigenvalue weighted by atomic mass is 16.1. The van der Waals surface area contributed by atoms with Crippen molar-refractivity contribution in [2.75, 3.05) is 19.6 Å². The lowest BCUT2D eigenvalue weighted by Crippen LogP contribution is -2.42. The number of hydrogen-bond donors (Lipinski definition) is 2. The maximum Gasteiger partial charge on any atom is 0.220 e. The van der Waals surface area contributed by atoms with Gasteiger partial charge in [0, 0.05) is 13.0 Å². The van der Waals surface area contributed by atoms with Gasteiger partial charge < -0.3 is 10.6 Å². The maximum absolute atomic E-state index is 11.7. The summed E-state index contributed by atoms with van der Waals surface area (Å²) in [7, 11) is 0. The average Bonchev–Trinajstić information content (AvgIpc) is 2.37. The minimum absolute atomic E-state index is 0.240. The molecule has 1 aliphatic heterocycles. The summed E-state index contributed by atoms with van der Waals surface area (Å²) in [5.74, 6) is 1.59. The summed E-state index contributed by atoms with van der Waals surface area (Å²) >= 11 is 0. The van der Waals surface area contributed by atoms with Gasteiger partial charge in [0.25, 0.3) is 0 Å². The molecule has 1 amide bonds. The molecule has 106 valence electrons. The van der Waals surface area contributed by atoms with Crippen LogP contribution < -0.4 is 10.6 Å². The number of amides is 1. The van der Waals surface area contributed by atoms with Crippen LogP contribution in [0.4, 0.5) is 0 Å². The van der Waals surface area contributed by atoms with Gasteiger partial charge in [0.05, 0.1) is 0 Å². The van der Waals surface area contributed by atoms with Gasteiger partial charge in [-0.25, -0.2) is 0 Å². The van der Waals surface area contributed by atoms with E-state index in [-0.39, 0.29) is 5.91 Å². The Hall–Kier alpha value is -0.570. The second-order valence-corrected chi connectivity index (χ2v) is 5.70. The van der Waals surface area contributed by atoms with E-state index in [2.05, 4.69) is 24.5 Å². The molecule has 1 fully saturated rings. The number of carbonyl (C=O) groups is 1. The molecule has 3 heteroatoms. The molecule has 1 heterocycles. The van der Waals surface area contributed by atoms with Crippen LogP contribution in [0.25, 0.3) is 0 Å². The molecule has 18 heavy (non-hydrogen) atoms. The zero-order valence-electron chi connectivity index (χ0n) is 12.1. The zero-order chi connectivity index (χ0) is 13.2. The molecule has 1 saturated heterocycles. The summed E-state index contributed by atoms with van der Waals surface area (Å²) in [5, 5.41) is 6.50. The number of unbranched alkanes of at least 4 members (excludes halogenated alkanes) is 4. The second-order valence-electron chi connectivity index (χ2n) is 5.70. The van der Waals surface area contributed by atoms with E-state index in [1.54, 1.807) is 0 Å². The average molecular weight is 254 g/mol. The number of hydrogen-bond acceptors (Lipinski definition) is 2. The van der Waals surface area contributed by atoms with Gasteiger partial charge in [0.2, 0.25) is 5.91 Å². The topological polar surface area (TPSA) is 41.1 Å². The Balaban J connectivity index is 2.02. The summed E-state index contributed by atoms with van der Waals surface area (Å²) in [6.07, 6.45) is 8.02. The third-order valence-electron chi connectivity index (χ3n) is 4.06. The first-order chi connectivity index (χ1) is 8.74. The molecule has 2 unspecified atom stereocenters. The van der Waals surface area contributed by atoms with Gasteiger partial charge in [-0.15, -0.1) is 0 Å². The second kappa shape index (κ2) is 9.37. The molecule has 3 nitrogen and oxygen atoms in total. The molecule has 0 spiro atoms. The zero-order valence-corrected chi connectivity index (χ0v) is 12.1. The van der Waals surface area contributed by atoms with Crippen molar-refractivity contribution in [2.24, 2.45) is 11.8 Å². The van der Waals surface area contributed by atoms with Gasteiger partial charge in [-0.3, -0.25) is 4.79 Å². The van der Waals surface area contributed by atoms with Crippen molar-refractivity contribution < 1.29 is 4.79 Å². The summed E-state index contributed by atoms with van der Waals surface area (Å²) in [4.78, 5) is 11.7. The van der Waals surface area contributed by atoms with Crippen molar-refractivity contribution >= 4 is 5.91 Å². The summed E-state index contributed by atoms with van der Waals surface area (Å²) in [6.45, 7) is 7.54. The van der Waals surface area contributed by atoms with E-state index >= 15 is 0 Å². The fourth-order valence-electron chi connectivity index (χ4n) is 2.55. The third kappa shape index (κ3) is 6.39. The highest BCUT2D eigenvalue weighted by molar-refractivity contribution is 5.75. The summed E-state index contributed by atoms with van der Waals surface area (Å²) in [5.41, 5.74) is 0. The van der Waals surface area contributed by atoms with Crippen LogP contribution >= 0.6 is 0 Å². The fraction of sp³-hybridized carbons (Fsp3) is 0.933. The van der Waals surface area contributed by atoms with Crippen LogP contribution in [0.5, 0.6) is 0 Å². The SMILES string of the molecule is CCCCCCCC(=O)NCC1CNCCC1C. The molecule has 1 aliphatic rings. The molecule has 2 N–H and O–H groups in total.